The number of hydrogen-bond donors (Lipinski definition) is 2. The molecule has 1 amide bonds. The van der Waals surface area contributed by atoms with Gasteiger partial charge in [-0.05, 0) is 42.8 Å². The van der Waals surface area contributed by atoms with Gasteiger partial charge in [0.15, 0.2) is 0 Å². The van der Waals surface area contributed by atoms with Crippen molar-refractivity contribution in [1.82, 2.24) is 5.32 Å². The average Bonchev–Trinajstić information content (AvgIpc) is 2.52. The smallest absolute Gasteiger partial charge is 0.238 e. The number of carbonyl (C=O) groups excluding carboxylic acids is 1. The van der Waals surface area contributed by atoms with Gasteiger partial charge >= 0.3 is 0 Å². The van der Waals surface area contributed by atoms with Gasteiger partial charge in [0.2, 0.25) is 5.91 Å². The third kappa shape index (κ3) is 5.39. The Hall–Kier alpha value is -2.04. The minimum absolute atomic E-state index is 0.0839. The molecule has 5 heteroatoms. The van der Waals surface area contributed by atoms with E-state index in [9.17, 15) is 4.79 Å². The van der Waals surface area contributed by atoms with E-state index in [4.69, 9.17) is 16.3 Å². The van der Waals surface area contributed by atoms with Gasteiger partial charge < -0.3 is 15.4 Å². The van der Waals surface area contributed by atoms with Crippen molar-refractivity contribution in [3.8, 4) is 5.75 Å². The summed E-state index contributed by atoms with van der Waals surface area (Å²) in [7, 11) is 1.60. The summed E-state index contributed by atoms with van der Waals surface area (Å²) in [5.74, 6) is 0.631. The van der Waals surface area contributed by atoms with Crippen molar-refractivity contribution in [1.29, 1.82) is 0 Å². The van der Waals surface area contributed by atoms with Gasteiger partial charge in [0.05, 0.1) is 13.7 Å². The van der Waals surface area contributed by atoms with Gasteiger partial charge in [-0.1, -0.05) is 29.8 Å². The second kappa shape index (κ2) is 8.41. The van der Waals surface area contributed by atoms with Crippen LogP contribution in [0.2, 0.25) is 5.02 Å². The topological polar surface area (TPSA) is 50.4 Å². The van der Waals surface area contributed by atoms with Gasteiger partial charge in [-0.25, -0.2) is 0 Å². The van der Waals surface area contributed by atoms with Crippen LogP contribution in [0.25, 0.3) is 0 Å². The van der Waals surface area contributed by atoms with E-state index in [-0.39, 0.29) is 12.5 Å². The lowest BCUT2D eigenvalue weighted by molar-refractivity contribution is -0.115. The van der Waals surface area contributed by atoms with Gasteiger partial charge in [-0.3, -0.25) is 4.79 Å². The Morgan fingerprint density at radius 1 is 1.18 bits per heavy atom. The molecule has 2 aromatic carbocycles. The molecule has 0 radical (unpaired) electrons. The van der Waals surface area contributed by atoms with Crippen molar-refractivity contribution in [3.63, 3.8) is 0 Å². The zero-order chi connectivity index (χ0) is 15.8. The van der Waals surface area contributed by atoms with Crippen LogP contribution in [0.1, 0.15) is 5.56 Å². The summed E-state index contributed by atoms with van der Waals surface area (Å²) in [6.45, 7) is 0.976. The van der Waals surface area contributed by atoms with E-state index in [0.717, 1.165) is 22.7 Å². The lowest BCUT2D eigenvalue weighted by Crippen LogP contribution is -2.29. The van der Waals surface area contributed by atoms with Crippen LogP contribution in [0.3, 0.4) is 0 Å². The number of amides is 1. The maximum absolute atomic E-state index is 11.8. The summed E-state index contributed by atoms with van der Waals surface area (Å²) in [4.78, 5) is 11.8. The highest BCUT2D eigenvalue weighted by molar-refractivity contribution is 6.30. The molecule has 0 aromatic heterocycles. The molecular formula is C17H19ClN2O2. The Morgan fingerprint density at radius 2 is 2.00 bits per heavy atom. The summed E-state index contributed by atoms with van der Waals surface area (Å²) < 4.78 is 5.12. The van der Waals surface area contributed by atoms with Gasteiger partial charge in [-0.2, -0.15) is 0 Å². The van der Waals surface area contributed by atoms with Crippen LogP contribution in [0.15, 0.2) is 48.5 Å². The number of nitrogens with one attached hydrogen (secondary N) is 2. The summed E-state index contributed by atoms with van der Waals surface area (Å²) in [6.07, 6.45) is 0.826. The molecule has 116 valence electrons. The van der Waals surface area contributed by atoms with Crippen LogP contribution < -0.4 is 15.4 Å². The molecule has 0 heterocycles. The van der Waals surface area contributed by atoms with E-state index >= 15 is 0 Å². The molecule has 0 aliphatic rings. The second-order valence-corrected chi connectivity index (χ2v) is 5.27. The molecule has 0 fully saturated rings. The second-order valence-electron chi connectivity index (χ2n) is 4.84. The van der Waals surface area contributed by atoms with Crippen molar-refractivity contribution in [2.24, 2.45) is 0 Å². The van der Waals surface area contributed by atoms with Crippen LogP contribution in [0.5, 0.6) is 5.75 Å². The van der Waals surface area contributed by atoms with E-state index in [2.05, 4.69) is 10.6 Å². The maximum Gasteiger partial charge on any atom is 0.238 e. The first-order chi connectivity index (χ1) is 10.7. The van der Waals surface area contributed by atoms with E-state index in [1.807, 2.05) is 42.5 Å². The molecule has 0 bridgehead atoms. The monoisotopic (exact) mass is 318 g/mol. The Morgan fingerprint density at radius 3 is 2.77 bits per heavy atom. The van der Waals surface area contributed by atoms with Crippen molar-refractivity contribution in [3.05, 3.63) is 59.1 Å². The van der Waals surface area contributed by atoms with E-state index in [0.29, 0.717) is 12.3 Å². The molecule has 0 aliphatic heterocycles. The summed E-state index contributed by atoms with van der Waals surface area (Å²) in [5.41, 5.74) is 1.87. The Labute approximate surface area is 135 Å². The first kappa shape index (κ1) is 16.3. The Balaban J connectivity index is 1.71. The van der Waals surface area contributed by atoms with Crippen LogP contribution in [0.4, 0.5) is 5.69 Å². The highest BCUT2D eigenvalue weighted by Gasteiger charge is 2.03. The highest BCUT2D eigenvalue weighted by Crippen LogP contribution is 2.16. The molecule has 0 saturated heterocycles. The van der Waals surface area contributed by atoms with Gasteiger partial charge in [0.25, 0.3) is 0 Å². The lowest BCUT2D eigenvalue weighted by atomic mass is 10.1. The lowest BCUT2D eigenvalue weighted by Gasteiger charge is -2.08. The van der Waals surface area contributed by atoms with Crippen LogP contribution >= 0.6 is 11.6 Å². The summed E-state index contributed by atoms with van der Waals surface area (Å²) >= 11 is 5.93. The molecule has 0 aliphatic carbocycles. The first-order valence-electron chi connectivity index (χ1n) is 7.06. The molecule has 2 rings (SSSR count). The van der Waals surface area contributed by atoms with Crippen LogP contribution in [-0.4, -0.2) is 26.1 Å². The molecule has 2 N–H and O–H groups in total. The van der Waals surface area contributed by atoms with Crippen LogP contribution in [-0.2, 0) is 11.2 Å². The van der Waals surface area contributed by atoms with Crippen molar-refractivity contribution < 1.29 is 9.53 Å². The molecule has 4 nitrogen and oxygen atoms in total. The Kier molecular flexibility index (Phi) is 6.25. The summed E-state index contributed by atoms with van der Waals surface area (Å²) in [6, 6.07) is 15.0. The first-order valence-corrected chi connectivity index (χ1v) is 7.44. The average molecular weight is 319 g/mol. The third-order valence-corrected chi connectivity index (χ3v) is 3.35. The van der Waals surface area contributed by atoms with E-state index in [1.165, 1.54) is 0 Å². The van der Waals surface area contributed by atoms with Crippen molar-refractivity contribution >= 4 is 23.2 Å². The van der Waals surface area contributed by atoms with Crippen LogP contribution in [0, 0.1) is 0 Å². The summed E-state index contributed by atoms with van der Waals surface area (Å²) in [5, 5.41) is 6.67. The van der Waals surface area contributed by atoms with Gasteiger partial charge in [-0.15, -0.1) is 0 Å². The predicted octanol–water partition coefficient (Wildman–Crippen LogP) is 3.12. The fourth-order valence-electron chi connectivity index (χ4n) is 2.03. The number of carbonyl (C=O) groups is 1. The fraction of sp³-hybridized carbons (Fsp3) is 0.235. The minimum Gasteiger partial charge on any atom is -0.497 e. The minimum atomic E-state index is -0.0839. The van der Waals surface area contributed by atoms with Crippen molar-refractivity contribution in [2.75, 3.05) is 25.5 Å². The molecule has 2 aromatic rings. The Bertz CT molecular complexity index is 632. The quantitative estimate of drug-likeness (QED) is 0.771. The van der Waals surface area contributed by atoms with E-state index in [1.54, 1.807) is 13.2 Å². The molecule has 22 heavy (non-hydrogen) atoms. The molecule has 0 saturated carbocycles. The number of methoxy groups -OCH3 is 1. The zero-order valence-electron chi connectivity index (χ0n) is 12.4. The SMILES string of the molecule is COc1cccc(NC(=O)CNCCc2cccc(Cl)c2)c1. The largest absolute Gasteiger partial charge is 0.497 e. The number of halogens is 1. The number of hydrogen-bond acceptors (Lipinski definition) is 3. The van der Waals surface area contributed by atoms with E-state index < -0.39 is 0 Å². The normalized spacial score (nSPS) is 10.3. The fourth-order valence-corrected chi connectivity index (χ4v) is 2.25. The predicted molar refractivity (Wildman–Crippen MR) is 89.6 cm³/mol. The highest BCUT2D eigenvalue weighted by atomic mass is 35.5. The molecule has 0 atom stereocenters. The number of ether oxygens (including phenoxy) is 1. The standard InChI is InChI=1S/C17H19ClN2O2/c1-22-16-7-3-6-15(11-16)20-17(21)12-19-9-8-13-4-2-5-14(18)10-13/h2-7,10-11,19H,8-9,12H2,1H3,(H,20,21). The molecule has 0 spiro atoms. The third-order valence-electron chi connectivity index (χ3n) is 3.12. The van der Waals surface area contributed by atoms with Gasteiger partial charge in [0.1, 0.15) is 5.75 Å². The number of anilines is 1. The number of benzene rings is 2. The van der Waals surface area contributed by atoms with Gasteiger partial charge in [0, 0.05) is 16.8 Å². The molecular weight excluding hydrogens is 300 g/mol. The number of rotatable bonds is 7. The maximum atomic E-state index is 11.8. The van der Waals surface area contributed by atoms with Crippen molar-refractivity contribution in [2.45, 2.75) is 6.42 Å². The molecule has 0 unspecified atom stereocenters. The zero-order valence-corrected chi connectivity index (χ0v) is 13.2.